The van der Waals surface area contributed by atoms with Gasteiger partial charge in [0, 0.05) is 24.7 Å². The lowest BCUT2D eigenvalue weighted by Gasteiger charge is -2.33. The van der Waals surface area contributed by atoms with Gasteiger partial charge in [0.15, 0.2) is 0 Å². The molecule has 1 N–H and O–H groups in total. The first-order valence-electron chi connectivity index (χ1n) is 12.0. The van der Waals surface area contributed by atoms with Crippen molar-refractivity contribution in [3.8, 4) is 11.4 Å². The number of likely N-dealkylation sites (tertiary alicyclic amines) is 1. The number of hydrogen-bond donors (Lipinski definition) is 1. The van der Waals surface area contributed by atoms with Gasteiger partial charge < -0.3 is 4.90 Å². The predicted molar refractivity (Wildman–Crippen MR) is 125 cm³/mol. The van der Waals surface area contributed by atoms with Gasteiger partial charge in [-0.1, -0.05) is 38.2 Å². The number of nitrogens with one attached hydrogen (secondary N) is 1. The van der Waals surface area contributed by atoms with Crippen LogP contribution in [0.5, 0.6) is 0 Å². The van der Waals surface area contributed by atoms with Crippen LogP contribution in [0.4, 0.5) is 0 Å². The number of sulfonamides is 1. The molecule has 2 aliphatic rings. The average Bonchev–Trinajstić information content (AvgIpc) is 3.30. The molecule has 176 valence electrons. The number of benzene rings is 1. The maximum absolute atomic E-state index is 12.4. The molecule has 1 aromatic heterocycles. The topological polar surface area (TPSA) is 93.0 Å². The molecule has 1 aliphatic carbocycles. The van der Waals surface area contributed by atoms with Crippen LogP contribution in [0.25, 0.3) is 11.4 Å². The van der Waals surface area contributed by atoms with Crippen molar-refractivity contribution in [3.63, 3.8) is 0 Å². The SMILES string of the molecule is CNS(=O)(=O)c1ccc(CC2CCCCC2)c(-c2nnn(C3CCN(C(C)C)CC3)n2)c1. The molecule has 1 aromatic carbocycles. The molecule has 2 fully saturated rings. The second-order valence-corrected chi connectivity index (χ2v) is 11.4. The Balaban J connectivity index is 1.61. The fraction of sp³-hybridized carbons (Fsp3) is 0.696. The van der Waals surface area contributed by atoms with Gasteiger partial charge in [-0.25, -0.2) is 13.1 Å². The Morgan fingerprint density at radius 1 is 1.09 bits per heavy atom. The van der Waals surface area contributed by atoms with Crippen LogP contribution in [-0.2, 0) is 16.4 Å². The summed E-state index contributed by atoms with van der Waals surface area (Å²) in [5, 5.41) is 13.5. The number of aromatic nitrogens is 4. The molecule has 0 radical (unpaired) electrons. The van der Waals surface area contributed by atoms with Gasteiger partial charge in [0.2, 0.25) is 15.8 Å². The Morgan fingerprint density at radius 3 is 2.47 bits per heavy atom. The van der Waals surface area contributed by atoms with Crippen molar-refractivity contribution in [2.24, 2.45) is 5.92 Å². The van der Waals surface area contributed by atoms with Crippen LogP contribution in [0.2, 0.25) is 0 Å². The van der Waals surface area contributed by atoms with Crippen molar-refractivity contribution in [1.29, 1.82) is 0 Å². The highest BCUT2D eigenvalue weighted by Gasteiger charge is 2.25. The van der Waals surface area contributed by atoms with E-state index in [1.165, 1.54) is 39.2 Å². The molecule has 8 nitrogen and oxygen atoms in total. The fourth-order valence-electron chi connectivity index (χ4n) is 5.05. The zero-order chi connectivity index (χ0) is 22.7. The Bertz CT molecular complexity index is 1010. The van der Waals surface area contributed by atoms with Crippen LogP contribution in [0.3, 0.4) is 0 Å². The molecule has 0 bridgehead atoms. The molecule has 1 aliphatic heterocycles. The van der Waals surface area contributed by atoms with Crippen molar-refractivity contribution in [3.05, 3.63) is 23.8 Å². The summed E-state index contributed by atoms with van der Waals surface area (Å²) in [5.41, 5.74) is 1.90. The number of hydrogen-bond acceptors (Lipinski definition) is 6. The van der Waals surface area contributed by atoms with Crippen molar-refractivity contribution in [2.45, 2.75) is 82.2 Å². The first kappa shape index (κ1) is 23.3. The van der Waals surface area contributed by atoms with Crippen LogP contribution in [0.1, 0.15) is 70.4 Å². The van der Waals surface area contributed by atoms with E-state index >= 15 is 0 Å². The summed E-state index contributed by atoms with van der Waals surface area (Å²) >= 11 is 0. The van der Waals surface area contributed by atoms with E-state index < -0.39 is 10.0 Å². The zero-order valence-corrected chi connectivity index (χ0v) is 20.3. The summed E-state index contributed by atoms with van der Waals surface area (Å²) in [5.74, 6) is 1.15. The van der Waals surface area contributed by atoms with E-state index in [0.29, 0.717) is 17.8 Å². The van der Waals surface area contributed by atoms with Crippen LogP contribution in [0.15, 0.2) is 23.1 Å². The molecule has 0 spiro atoms. The van der Waals surface area contributed by atoms with Gasteiger partial charge in [-0.2, -0.15) is 4.80 Å². The maximum atomic E-state index is 12.4. The van der Waals surface area contributed by atoms with E-state index in [1.807, 2.05) is 6.07 Å². The van der Waals surface area contributed by atoms with Gasteiger partial charge in [-0.15, -0.1) is 10.2 Å². The molecule has 0 amide bonds. The lowest BCUT2D eigenvalue weighted by Crippen LogP contribution is -2.39. The number of rotatable bonds is 7. The Kier molecular flexibility index (Phi) is 7.27. The first-order valence-corrected chi connectivity index (χ1v) is 13.5. The van der Waals surface area contributed by atoms with Crippen molar-refractivity contribution in [2.75, 3.05) is 20.1 Å². The number of nitrogens with zero attached hydrogens (tertiary/aromatic N) is 5. The van der Waals surface area contributed by atoms with E-state index in [4.69, 9.17) is 5.10 Å². The molecule has 4 rings (SSSR count). The minimum absolute atomic E-state index is 0.234. The van der Waals surface area contributed by atoms with Gasteiger partial charge in [0.05, 0.1) is 10.9 Å². The highest BCUT2D eigenvalue weighted by atomic mass is 32.2. The van der Waals surface area contributed by atoms with Crippen LogP contribution in [0, 0.1) is 5.92 Å². The van der Waals surface area contributed by atoms with E-state index in [9.17, 15) is 8.42 Å². The molecule has 2 heterocycles. The predicted octanol–water partition coefficient (Wildman–Crippen LogP) is 3.42. The zero-order valence-electron chi connectivity index (χ0n) is 19.5. The molecule has 1 saturated heterocycles. The smallest absolute Gasteiger partial charge is 0.240 e. The average molecular weight is 461 g/mol. The van der Waals surface area contributed by atoms with Crippen molar-refractivity contribution >= 4 is 10.0 Å². The molecular weight excluding hydrogens is 424 g/mol. The number of tetrazole rings is 1. The third-order valence-electron chi connectivity index (χ3n) is 7.12. The van der Waals surface area contributed by atoms with E-state index in [-0.39, 0.29) is 10.9 Å². The molecule has 0 unspecified atom stereocenters. The molecule has 1 saturated carbocycles. The quantitative estimate of drug-likeness (QED) is 0.681. The largest absolute Gasteiger partial charge is 0.301 e. The third kappa shape index (κ3) is 5.21. The summed E-state index contributed by atoms with van der Waals surface area (Å²) in [4.78, 5) is 4.46. The summed E-state index contributed by atoms with van der Waals surface area (Å²) < 4.78 is 27.3. The first-order chi connectivity index (χ1) is 15.4. The van der Waals surface area contributed by atoms with Crippen LogP contribution in [-0.4, -0.2) is 59.7 Å². The highest BCUT2D eigenvalue weighted by molar-refractivity contribution is 7.89. The standard InChI is InChI=1S/C23H36N6O2S/c1-17(2)28-13-11-20(12-14-28)29-26-23(25-27-29)22-16-21(32(30,31)24-3)10-9-19(22)15-18-7-5-4-6-8-18/h9-10,16-18,20,24H,4-8,11-15H2,1-3H3. The van der Waals surface area contributed by atoms with Crippen molar-refractivity contribution in [1.82, 2.24) is 29.8 Å². The van der Waals surface area contributed by atoms with E-state index in [0.717, 1.165) is 43.5 Å². The van der Waals surface area contributed by atoms with Gasteiger partial charge >= 0.3 is 0 Å². The third-order valence-corrected chi connectivity index (χ3v) is 8.53. The lowest BCUT2D eigenvalue weighted by atomic mass is 9.84. The summed E-state index contributed by atoms with van der Waals surface area (Å²) in [7, 11) is -2.11. The Hall–Kier alpha value is -1.84. The molecular formula is C23H36N6O2S. The Labute approximate surface area is 191 Å². The summed E-state index contributed by atoms with van der Waals surface area (Å²) in [6.07, 6.45) is 9.24. The monoisotopic (exact) mass is 460 g/mol. The van der Waals surface area contributed by atoms with Gasteiger partial charge in [0.25, 0.3) is 0 Å². The van der Waals surface area contributed by atoms with Crippen molar-refractivity contribution < 1.29 is 8.42 Å². The second kappa shape index (κ2) is 9.97. The van der Waals surface area contributed by atoms with E-state index in [1.54, 1.807) is 16.9 Å². The molecule has 32 heavy (non-hydrogen) atoms. The normalized spacial score (nSPS) is 19.6. The fourth-order valence-corrected chi connectivity index (χ4v) is 5.81. The minimum atomic E-state index is -3.54. The molecule has 0 atom stereocenters. The highest BCUT2D eigenvalue weighted by Crippen LogP contribution is 2.32. The summed E-state index contributed by atoms with van der Waals surface area (Å²) in [6, 6.07) is 6.13. The van der Waals surface area contributed by atoms with Gasteiger partial charge in [-0.3, -0.25) is 0 Å². The maximum Gasteiger partial charge on any atom is 0.240 e. The van der Waals surface area contributed by atoms with Crippen LogP contribution >= 0.6 is 0 Å². The lowest BCUT2D eigenvalue weighted by molar-refractivity contribution is 0.140. The summed E-state index contributed by atoms with van der Waals surface area (Å²) in [6.45, 7) is 6.52. The number of piperidine rings is 1. The Morgan fingerprint density at radius 2 is 1.81 bits per heavy atom. The molecule has 2 aromatic rings. The van der Waals surface area contributed by atoms with Crippen LogP contribution < -0.4 is 4.72 Å². The second-order valence-electron chi connectivity index (χ2n) is 9.53. The molecule has 9 heteroatoms. The van der Waals surface area contributed by atoms with Gasteiger partial charge in [0.1, 0.15) is 0 Å². The minimum Gasteiger partial charge on any atom is -0.301 e. The van der Waals surface area contributed by atoms with E-state index in [2.05, 4.69) is 33.8 Å². The van der Waals surface area contributed by atoms with Gasteiger partial charge in [-0.05, 0) is 69.0 Å².